The van der Waals surface area contributed by atoms with Gasteiger partial charge >= 0.3 is 0 Å². The number of hydrogen-bond donors (Lipinski definition) is 0. The summed E-state index contributed by atoms with van der Waals surface area (Å²) in [7, 11) is 1.66. The first-order chi connectivity index (χ1) is 15.8. The molecule has 0 fully saturated rings. The van der Waals surface area contributed by atoms with Crippen molar-refractivity contribution < 1.29 is 19.2 Å². The van der Waals surface area contributed by atoms with E-state index in [0.717, 1.165) is 5.56 Å². The van der Waals surface area contributed by atoms with Gasteiger partial charge in [-0.25, -0.2) is 0 Å². The molecule has 1 unspecified atom stereocenters. The molecule has 2 aliphatic heterocycles. The smallest absolute Gasteiger partial charge is 0.269 e. The number of hydrogen-bond acceptors (Lipinski definition) is 5. The molecule has 1 spiro atoms. The lowest BCUT2D eigenvalue weighted by Gasteiger charge is -2.25. The van der Waals surface area contributed by atoms with Gasteiger partial charge in [-0.3, -0.25) is 19.7 Å². The molecular formula is C26H20N2O5. The van der Waals surface area contributed by atoms with Gasteiger partial charge in [0.05, 0.1) is 22.8 Å². The van der Waals surface area contributed by atoms with Gasteiger partial charge in [-0.1, -0.05) is 48.0 Å². The molecule has 3 aromatic carbocycles. The van der Waals surface area contributed by atoms with Crippen molar-refractivity contribution in [3.05, 3.63) is 111 Å². The van der Waals surface area contributed by atoms with Crippen molar-refractivity contribution in [1.29, 1.82) is 0 Å². The summed E-state index contributed by atoms with van der Waals surface area (Å²) in [6.07, 6.45) is 0. The van der Waals surface area contributed by atoms with Crippen LogP contribution < -0.4 is 4.90 Å². The average molecular weight is 440 g/mol. The van der Waals surface area contributed by atoms with E-state index in [0.29, 0.717) is 28.0 Å². The Hall–Kier alpha value is -4.10. The summed E-state index contributed by atoms with van der Waals surface area (Å²) >= 11 is 0. The van der Waals surface area contributed by atoms with Crippen molar-refractivity contribution in [2.45, 2.75) is 12.5 Å². The highest BCUT2D eigenvalue weighted by molar-refractivity contribution is 6.23. The van der Waals surface area contributed by atoms with Crippen LogP contribution in [-0.2, 0) is 15.1 Å². The maximum atomic E-state index is 13.9. The van der Waals surface area contributed by atoms with Gasteiger partial charge in [-0.05, 0) is 36.3 Å². The Bertz CT molecular complexity index is 1340. The summed E-state index contributed by atoms with van der Waals surface area (Å²) in [5.41, 5.74) is 2.54. The number of carbonyl (C=O) groups is 2. The number of ketones is 1. The second kappa shape index (κ2) is 7.50. The molecule has 7 heteroatoms. The minimum Gasteiger partial charge on any atom is -0.351 e. The van der Waals surface area contributed by atoms with Crippen LogP contribution in [0.3, 0.4) is 0 Å². The number of likely N-dealkylation sites (N-methyl/N-ethyl adjacent to an activating group) is 1. The average Bonchev–Trinajstić information content (AvgIpc) is 3.33. The van der Waals surface area contributed by atoms with Crippen LogP contribution in [0.2, 0.25) is 0 Å². The lowest BCUT2D eigenvalue weighted by Crippen LogP contribution is -2.42. The highest BCUT2D eigenvalue weighted by Gasteiger charge is 2.59. The predicted molar refractivity (Wildman–Crippen MR) is 123 cm³/mol. The zero-order valence-electron chi connectivity index (χ0n) is 18.1. The minimum absolute atomic E-state index is 0.0264. The molecule has 0 bridgehead atoms. The molecule has 0 aliphatic carbocycles. The summed E-state index contributed by atoms with van der Waals surface area (Å²) in [6.45, 7) is 1.96. The number of ether oxygens (including phenoxy) is 1. The minimum atomic E-state index is -1.57. The quantitative estimate of drug-likeness (QED) is 0.340. The van der Waals surface area contributed by atoms with Gasteiger partial charge in [-0.15, -0.1) is 0 Å². The van der Waals surface area contributed by atoms with Crippen LogP contribution in [0.15, 0.2) is 78.4 Å². The van der Waals surface area contributed by atoms with Crippen LogP contribution in [-0.4, -0.2) is 30.3 Å². The molecule has 0 N–H and O–H groups in total. The van der Waals surface area contributed by atoms with Crippen LogP contribution in [0, 0.1) is 17.0 Å². The summed E-state index contributed by atoms with van der Waals surface area (Å²) in [5.74, 6) is -0.643. The number of nitrogens with zero attached hydrogens (tertiary/aromatic N) is 2. The molecule has 33 heavy (non-hydrogen) atoms. The molecular weight excluding hydrogens is 420 g/mol. The van der Waals surface area contributed by atoms with Gasteiger partial charge < -0.3 is 9.64 Å². The molecule has 0 aromatic heterocycles. The fourth-order valence-electron chi connectivity index (χ4n) is 4.60. The third-order valence-corrected chi connectivity index (χ3v) is 6.30. The van der Waals surface area contributed by atoms with Crippen LogP contribution in [0.25, 0.3) is 5.57 Å². The normalized spacial score (nSPS) is 19.3. The number of benzene rings is 3. The van der Waals surface area contributed by atoms with Crippen molar-refractivity contribution in [2.24, 2.45) is 0 Å². The summed E-state index contributed by atoms with van der Waals surface area (Å²) in [5, 5.41) is 11.1. The number of Topliss-reactive ketones (excluding diaryl/α,β-unsaturated/α-hetero) is 1. The summed E-state index contributed by atoms with van der Waals surface area (Å²) in [6, 6.07) is 20.4. The van der Waals surface area contributed by atoms with E-state index < -0.39 is 10.5 Å². The van der Waals surface area contributed by atoms with Crippen LogP contribution in [0.4, 0.5) is 11.4 Å². The second-order valence-corrected chi connectivity index (χ2v) is 8.20. The van der Waals surface area contributed by atoms with Gasteiger partial charge in [0.25, 0.3) is 11.6 Å². The van der Waals surface area contributed by atoms with E-state index in [4.69, 9.17) is 4.74 Å². The Kier molecular flexibility index (Phi) is 4.72. The molecule has 5 rings (SSSR count). The SMILES string of the molecule is Cc1ccc(C(=O)C2=C(c3ccc([N+](=O)[O-])cc3)COC23C(=O)N(C)c2ccccc23)cc1. The topological polar surface area (TPSA) is 89.7 Å². The zero-order valence-corrected chi connectivity index (χ0v) is 18.1. The highest BCUT2D eigenvalue weighted by Crippen LogP contribution is 2.53. The van der Waals surface area contributed by atoms with Crippen LogP contribution in [0.5, 0.6) is 0 Å². The largest absolute Gasteiger partial charge is 0.351 e. The van der Waals surface area contributed by atoms with E-state index in [1.165, 1.54) is 17.0 Å². The Morgan fingerprint density at radius 1 is 1.03 bits per heavy atom. The van der Waals surface area contributed by atoms with Gasteiger partial charge in [0.15, 0.2) is 5.78 Å². The first kappa shape index (κ1) is 20.8. The van der Waals surface area contributed by atoms with Crippen molar-refractivity contribution in [2.75, 3.05) is 18.6 Å². The molecule has 1 atom stereocenters. The van der Waals surface area contributed by atoms with Crippen molar-refractivity contribution in [1.82, 2.24) is 0 Å². The molecule has 0 radical (unpaired) electrons. The number of amides is 1. The number of nitro groups is 1. The first-order valence-electron chi connectivity index (χ1n) is 10.5. The molecule has 0 saturated heterocycles. The first-order valence-corrected chi connectivity index (χ1v) is 10.5. The standard InChI is InChI=1S/C26H20N2O5/c1-16-7-9-18(10-8-16)24(29)23-20(17-11-13-19(14-12-17)28(31)32)15-33-26(23)21-5-3-4-6-22(21)27(2)25(26)30/h3-14H,15H2,1-2H3. The number of aryl methyl sites for hydroxylation is 1. The summed E-state index contributed by atoms with van der Waals surface area (Å²) < 4.78 is 6.21. The lowest BCUT2D eigenvalue weighted by atomic mass is 9.80. The maximum Gasteiger partial charge on any atom is 0.269 e. The van der Waals surface area contributed by atoms with E-state index in [1.54, 1.807) is 37.4 Å². The third-order valence-electron chi connectivity index (χ3n) is 6.30. The Morgan fingerprint density at radius 3 is 2.36 bits per heavy atom. The molecule has 3 aromatic rings. The fourth-order valence-corrected chi connectivity index (χ4v) is 4.60. The van der Waals surface area contributed by atoms with E-state index in [2.05, 4.69) is 0 Å². The van der Waals surface area contributed by atoms with Crippen LogP contribution in [0.1, 0.15) is 27.0 Å². The molecule has 7 nitrogen and oxygen atoms in total. The predicted octanol–water partition coefficient (Wildman–Crippen LogP) is 4.44. The number of carbonyl (C=O) groups excluding carboxylic acids is 2. The number of fused-ring (bicyclic) bond motifs is 2. The number of nitro benzene ring substituents is 1. The van der Waals surface area contributed by atoms with Crippen molar-refractivity contribution >= 4 is 28.6 Å². The molecule has 164 valence electrons. The van der Waals surface area contributed by atoms with Gasteiger partial charge in [0, 0.05) is 30.3 Å². The van der Waals surface area contributed by atoms with Crippen molar-refractivity contribution in [3.8, 4) is 0 Å². The van der Waals surface area contributed by atoms with Gasteiger partial charge in [0.1, 0.15) is 0 Å². The third kappa shape index (κ3) is 3.01. The number of para-hydroxylation sites is 1. The Morgan fingerprint density at radius 2 is 1.70 bits per heavy atom. The monoisotopic (exact) mass is 440 g/mol. The molecule has 2 heterocycles. The van der Waals surface area contributed by atoms with Gasteiger partial charge in [0.2, 0.25) is 5.60 Å². The number of rotatable bonds is 4. The van der Waals surface area contributed by atoms with Crippen LogP contribution >= 0.6 is 0 Å². The maximum absolute atomic E-state index is 13.9. The van der Waals surface area contributed by atoms with E-state index in [1.807, 2.05) is 37.3 Å². The Balaban J connectivity index is 1.76. The number of anilines is 1. The Labute approximate surface area is 190 Å². The lowest BCUT2D eigenvalue weighted by molar-refractivity contribution is -0.384. The fraction of sp³-hybridized carbons (Fsp3) is 0.154. The van der Waals surface area contributed by atoms with E-state index in [9.17, 15) is 19.7 Å². The summed E-state index contributed by atoms with van der Waals surface area (Å²) in [4.78, 5) is 39.7. The number of non-ortho nitro benzene ring substituents is 1. The van der Waals surface area contributed by atoms with Gasteiger partial charge in [-0.2, -0.15) is 0 Å². The molecule has 0 saturated carbocycles. The van der Waals surface area contributed by atoms with E-state index in [-0.39, 0.29) is 29.6 Å². The second-order valence-electron chi connectivity index (χ2n) is 8.20. The zero-order chi connectivity index (χ0) is 23.3. The molecule has 2 aliphatic rings. The van der Waals surface area contributed by atoms with E-state index >= 15 is 0 Å². The molecule has 1 amide bonds. The highest BCUT2D eigenvalue weighted by atomic mass is 16.6. The van der Waals surface area contributed by atoms with Crippen molar-refractivity contribution in [3.63, 3.8) is 0 Å².